The fourth-order valence-electron chi connectivity index (χ4n) is 1.48. The molecular formula is C12H15NO4S. The molecule has 0 aliphatic carbocycles. The van der Waals surface area contributed by atoms with Crippen LogP contribution in [0.25, 0.3) is 0 Å². The second-order valence-electron chi connectivity index (χ2n) is 3.70. The van der Waals surface area contributed by atoms with Gasteiger partial charge in [-0.05, 0) is 18.4 Å². The van der Waals surface area contributed by atoms with Gasteiger partial charge in [0.1, 0.15) is 6.54 Å². The van der Waals surface area contributed by atoms with Gasteiger partial charge in [-0.15, -0.1) is 11.3 Å². The summed E-state index contributed by atoms with van der Waals surface area (Å²) in [4.78, 5) is 35.8. The van der Waals surface area contributed by atoms with Crippen LogP contribution in [0, 0.1) is 0 Å². The molecule has 0 spiro atoms. The molecule has 98 valence electrons. The summed E-state index contributed by atoms with van der Waals surface area (Å²) in [6, 6.07) is 3.49. The number of carboxylic acid groups (broad SMARTS) is 1. The number of carbonyl (C=O) groups excluding carboxylic acids is 2. The summed E-state index contributed by atoms with van der Waals surface area (Å²) >= 11 is 1.34. The highest BCUT2D eigenvalue weighted by atomic mass is 32.1. The molecule has 0 aliphatic rings. The second kappa shape index (κ2) is 6.90. The lowest BCUT2D eigenvalue weighted by molar-refractivity contribution is -0.144. The Morgan fingerprint density at radius 3 is 2.56 bits per heavy atom. The number of likely N-dealkylation sites (N-methyl/N-ethyl adjacent to an activating group) is 1. The molecule has 0 aliphatic heterocycles. The van der Waals surface area contributed by atoms with Gasteiger partial charge in [0.15, 0.2) is 5.78 Å². The van der Waals surface area contributed by atoms with Gasteiger partial charge in [-0.1, -0.05) is 6.07 Å². The van der Waals surface area contributed by atoms with E-state index in [1.54, 1.807) is 24.4 Å². The van der Waals surface area contributed by atoms with Crippen LogP contribution in [-0.4, -0.2) is 40.8 Å². The Kier molecular flexibility index (Phi) is 5.51. The Labute approximate surface area is 109 Å². The molecule has 0 radical (unpaired) electrons. The fraction of sp³-hybridized carbons (Fsp3) is 0.417. The van der Waals surface area contributed by atoms with Crippen LogP contribution in [-0.2, 0) is 9.59 Å². The van der Waals surface area contributed by atoms with E-state index >= 15 is 0 Å². The molecule has 0 bridgehead atoms. The first kappa shape index (κ1) is 14.4. The van der Waals surface area contributed by atoms with Crippen molar-refractivity contribution in [3.63, 3.8) is 0 Å². The molecular weight excluding hydrogens is 254 g/mol. The van der Waals surface area contributed by atoms with Crippen molar-refractivity contribution in [2.24, 2.45) is 0 Å². The van der Waals surface area contributed by atoms with Crippen LogP contribution >= 0.6 is 11.3 Å². The van der Waals surface area contributed by atoms with E-state index in [1.165, 1.54) is 16.2 Å². The molecule has 0 saturated carbocycles. The summed E-state index contributed by atoms with van der Waals surface area (Å²) in [6.45, 7) is 1.72. The summed E-state index contributed by atoms with van der Waals surface area (Å²) in [5.74, 6) is -1.43. The van der Waals surface area contributed by atoms with Crippen molar-refractivity contribution in [1.82, 2.24) is 4.90 Å². The molecule has 1 rings (SSSR count). The van der Waals surface area contributed by atoms with Gasteiger partial charge in [0.05, 0.1) is 4.88 Å². The molecule has 0 atom stereocenters. The van der Waals surface area contributed by atoms with Crippen LogP contribution in [0.2, 0.25) is 0 Å². The van der Waals surface area contributed by atoms with Crippen molar-refractivity contribution in [3.05, 3.63) is 22.4 Å². The molecule has 0 fully saturated rings. The Morgan fingerprint density at radius 2 is 2.06 bits per heavy atom. The highest BCUT2D eigenvalue weighted by molar-refractivity contribution is 7.12. The fourth-order valence-corrected chi connectivity index (χ4v) is 2.17. The molecule has 1 aromatic heterocycles. The van der Waals surface area contributed by atoms with E-state index in [9.17, 15) is 14.4 Å². The summed E-state index contributed by atoms with van der Waals surface area (Å²) in [5, 5.41) is 10.4. The molecule has 1 aromatic rings. The van der Waals surface area contributed by atoms with Crippen LogP contribution in [0.1, 0.15) is 29.4 Å². The number of ketones is 1. The summed E-state index contributed by atoms with van der Waals surface area (Å²) in [6.07, 6.45) is 0.174. The lowest BCUT2D eigenvalue weighted by atomic mass is 10.2. The Hall–Kier alpha value is -1.69. The minimum absolute atomic E-state index is 0.0534. The first-order valence-electron chi connectivity index (χ1n) is 5.60. The van der Waals surface area contributed by atoms with Crippen LogP contribution in [0.5, 0.6) is 0 Å². The zero-order valence-corrected chi connectivity index (χ0v) is 10.9. The van der Waals surface area contributed by atoms with E-state index in [4.69, 9.17) is 5.11 Å². The molecule has 0 saturated heterocycles. The third-order valence-corrected chi connectivity index (χ3v) is 3.33. The zero-order valence-electron chi connectivity index (χ0n) is 10.1. The maximum Gasteiger partial charge on any atom is 0.323 e. The van der Waals surface area contributed by atoms with Gasteiger partial charge in [-0.3, -0.25) is 14.4 Å². The molecule has 5 nitrogen and oxygen atoms in total. The molecule has 1 heterocycles. The van der Waals surface area contributed by atoms with Gasteiger partial charge in [-0.25, -0.2) is 0 Å². The number of carboxylic acids is 1. The van der Waals surface area contributed by atoms with Crippen molar-refractivity contribution in [3.8, 4) is 0 Å². The van der Waals surface area contributed by atoms with Crippen LogP contribution < -0.4 is 0 Å². The Bertz CT molecular complexity index is 427. The van der Waals surface area contributed by atoms with E-state index in [2.05, 4.69) is 0 Å². The maximum atomic E-state index is 11.7. The number of Topliss-reactive ketones (excluding diaryl/α,β-unsaturated/α-hetero) is 1. The van der Waals surface area contributed by atoms with Gasteiger partial charge in [-0.2, -0.15) is 0 Å². The lowest BCUT2D eigenvalue weighted by Crippen LogP contribution is -2.35. The quantitative estimate of drug-likeness (QED) is 0.764. The minimum Gasteiger partial charge on any atom is -0.480 e. The lowest BCUT2D eigenvalue weighted by Gasteiger charge is -2.18. The number of thiophene rings is 1. The maximum absolute atomic E-state index is 11.7. The van der Waals surface area contributed by atoms with Crippen molar-refractivity contribution in [1.29, 1.82) is 0 Å². The summed E-state index contributed by atoms with van der Waals surface area (Å²) < 4.78 is 0. The Balaban J connectivity index is 2.44. The van der Waals surface area contributed by atoms with Crippen LogP contribution in [0.4, 0.5) is 0 Å². The second-order valence-corrected chi connectivity index (χ2v) is 4.65. The molecule has 0 aromatic carbocycles. The van der Waals surface area contributed by atoms with Gasteiger partial charge in [0.25, 0.3) is 0 Å². The minimum atomic E-state index is -1.05. The smallest absolute Gasteiger partial charge is 0.323 e. The number of nitrogens with zero attached hydrogens (tertiary/aromatic N) is 1. The van der Waals surface area contributed by atoms with Crippen LogP contribution in [0.15, 0.2) is 17.5 Å². The van der Waals surface area contributed by atoms with E-state index in [1.807, 2.05) is 0 Å². The molecule has 18 heavy (non-hydrogen) atoms. The van der Waals surface area contributed by atoms with Gasteiger partial charge < -0.3 is 10.0 Å². The standard InChI is InChI=1S/C12H15NO4S/c1-2-13(8-12(16)17)11(15)6-5-9(14)10-4-3-7-18-10/h3-4,7H,2,5-6,8H2,1H3,(H,16,17). The first-order chi connectivity index (χ1) is 8.54. The van der Waals surface area contributed by atoms with Crippen molar-refractivity contribution in [2.75, 3.05) is 13.1 Å². The van der Waals surface area contributed by atoms with Gasteiger partial charge in [0, 0.05) is 19.4 Å². The zero-order chi connectivity index (χ0) is 13.5. The predicted octanol–water partition coefficient (Wildman–Crippen LogP) is 1.64. The summed E-state index contributed by atoms with van der Waals surface area (Å²) in [7, 11) is 0. The molecule has 1 N–H and O–H groups in total. The molecule has 6 heteroatoms. The normalized spacial score (nSPS) is 10.1. The Morgan fingerprint density at radius 1 is 1.33 bits per heavy atom. The van der Waals surface area contributed by atoms with Crippen molar-refractivity contribution < 1.29 is 19.5 Å². The average Bonchev–Trinajstić information content (AvgIpc) is 2.86. The molecule has 0 unspecified atom stereocenters. The van der Waals surface area contributed by atoms with Crippen LogP contribution in [0.3, 0.4) is 0 Å². The van der Waals surface area contributed by atoms with Gasteiger partial charge in [0.2, 0.25) is 5.91 Å². The van der Waals surface area contributed by atoms with E-state index < -0.39 is 5.97 Å². The van der Waals surface area contributed by atoms with Crippen molar-refractivity contribution >= 4 is 29.0 Å². The highest BCUT2D eigenvalue weighted by Crippen LogP contribution is 2.12. The highest BCUT2D eigenvalue weighted by Gasteiger charge is 2.16. The number of aliphatic carboxylic acids is 1. The molecule has 1 amide bonds. The number of amides is 1. The monoisotopic (exact) mass is 269 g/mol. The number of rotatable bonds is 7. The van der Waals surface area contributed by atoms with Gasteiger partial charge >= 0.3 is 5.97 Å². The predicted molar refractivity (Wildman–Crippen MR) is 67.8 cm³/mol. The summed E-state index contributed by atoms with van der Waals surface area (Å²) in [5.41, 5.74) is 0. The number of carbonyl (C=O) groups is 3. The van der Waals surface area contributed by atoms with Crippen molar-refractivity contribution in [2.45, 2.75) is 19.8 Å². The van der Waals surface area contributed by atoms with E-state index in [-0.39, 0.29) is 31.1 Å². The first-order valence-corrected chi connectivity index (χ1v) is 6.48. The largest absolute Gasteiger partial charge is 0.480 e. The average molecular weight is 269 g/mol. The third-order valence-electron chi connectivity index (χ3n) is 2.42. The topological polar surface area (TPSA) is 74.7 Å². The van der Waals surface area contributed by atoms with E-state index in [0.717, 1.165) is 0 Å². The number of hydrogen-bond acceptors (Lipinski definition) is 4. The number of hydrogen-bond donors (Lipinski definition) is 1. The SMILES string of the molecule is CCN(CC(=O)O)C(=O)CCC(=O)c1cccs1. The third kappa shape index (κ3) is 4.29. The van der Waals surface area contributed by atoms with E-state index in [0.29, 0.717) is 11.4 Å².